The van der Waals surface area contributed by atoms with Gasteiger partial charge in [-0.05, 0) is 76.1 Å². The number of nitrogens with two attached hydrogens (primary N) is 1. The quantitative estimate of drug-likeness (QED) is 0.520. The minimum atomic E-state index is -4.55. The van der Waals surface area contributed by atoms with E-state index >= 15 is 0 Å². The number of pyridine rings is 1. The Morgan fingerprint density at radius 2 is 1.93 bits per heavy atom. The number of halogens is 3. The van der Waals surface area contributed by atoms with E-state index in [2.05, 4.69) is 26.2 Å². The van der Waals surface area contributed by atoms with E-state index in [1.807, 2.05) is 6.92 Å². The van der Waals surface area contributed by atoms with Crippen LogP contribution in [0.4, 0.5) is 24.8 Å². The highest BCUT2D eigenvalue weighted by Crippen LogP contribution is 2.45. The summed E-state index contributed by atoms with van der Waals surface area (Å²) in [7, 11) is 0. The third-order valence-corrected chi connectivity index (χ3v) is 9.75. The SMILES string of the molecule is Cc1cc(N)nc(C2Cc3nc(OCC45CCCN4CCC5)nc(N4CCNC(CC#N)C4)c3CC2C)c1C(F)(F)F. The number of nitrogens with one attached hydrogen (secondary N) is 1. The van der Waals surface area contributed by atoms with Crippen molar-refractivity contribution in [3.05, 3.63) is 34.1 Å². The van der Waals surface area contributed by atoms with Gasteiger partial charge < -0.3 is 20.7 Å². The number of fused-ring (bicyclic) bond motifs is 2. The van der Waals surface area contributed by atoms with Crippen molar-refractivity contribution in [1.82, 2.24) is 25.2 Å². The Hall–Kier alpha value is -3.17. The van der Waals surface area contributed by atoms with Gasteiger partial charge in [0.2, 0.25) is 0 Å². The predicted molar refractivity (Wildman–Crippen MR) is 152 cm³/mol. The Bertz CT molecular complexity index is 1370. The minimum Gasteiger partial charge on any atom is -0.461 e. The highest BCUT2D eigenvalue weighted by atomic mass is 19.4. The number of aromatic nitrogens is 3. The van der Waals surface area contributed by atoms with Gasteiger partial charge in [-0.2, -0.15) is 28.4 Å². The summed E-state index contributed by atoms with van der Waals surface area (Å²) in [4.78, 5) is 18.8. The van der Waals surface area contributed by atoms with Crippen molar-refractivity contribution < 1.29 is 17.9 Å². The van der Waals surface area contributed by atoms with E-state index in [4.69, 9.17) is 20.4 Å². The van der Waals surface area contributed by atoms with Crippen LogP contribution in [0.5, 0.6) is 6.01 Å². The van der Waals surface area contributed by atoms with E-state index in [0.29, 0.717) is 44.8 Å². The molecule has 5 heterocycles. The molecule has 3 N–H and O–H groups in total. The Kier molecular flexibility index (Phi) is 7.68. The molecule has 3 atom stereocenters. The maximum atomic E-state index is 14.3. The lowest BCUT2D eigenvalue weighted by molar-refractivity contribution is -0.139. The smallest absolute Gasteiger partial charge is 0.418 e. The van der Waals surface area contributed by atoms with Crippen molar-refractivity contribution in [2.24, 2.45) is 5.92 Å². The van der Waals surface area contributed by atoms with Crippen molar-refractivity contribution in [1.29, 1.82) is 5.26 Å². The zero-order chi connectivity index (χ0) is 29.6. The molecule has 42 heavy (non-hydrogen) atoms. The zero-order valence-corrected chi connectivity index (χ0v) is 24.3. The van der Waals surface area contributed by atoms with Crippen LogP contribution in [-0.2, 0) is 19.0 Å². The third kappa shape index (κ3) is 5.37. The summed E-state index contributed by atoms with van der Waals surface area (Å²) in [5.74, 6) is 0.190. The molecular weight excluding hydrogens is 545 g/mol. The first kappa shape index (κ1) is 28.9. The number of aryl methyl sites for hydroxylation is 1. The van der Waals surface area contributed by atoms with E-state index in [9.17, 15) is 18.4 Å². The Morgan fingerprint density at radius 1 is 1.17 bits per heavy atom. The topological polar surface area (TPSA) is 116 Å². The van der Waals surface area contributed by atoms with E-state index in [0.717, 1.165) is 50.2 Å². The average molecular weight is 585 g/mol. The van der Waals surface area contributed by atoms with Crippen molar-refractivity contribution in [3.8, 4) is 12.1 Å². The number of nitriles is 1. The summed E-state index contributed by atoms with van der Waals surface area (Å²) in [5.41, 5.74) is 7.00. The summed E-state index contributed by atoms with van der Waals surface area (Å²) < 4.78 is 49.2. The van der Waals surface area contributed by atoms with Gasteiger partial charge in [-0.15, -0.1) is 0 Å². The maximum absolute atomic E-state index is 14.3. The molecule has 3 aliphatic heterocycles. The van der Waals surface area contributed by atoms with Crippen LogP contribution in [-0.4, -0.2) is 70.8 Å². The fourth-order valence-electron chi connectivity index (χ4n) is 7.72. The molecule has 12 heteroatoms. The van der Waals surface area contributed by atoms with Gasteiger partial charge in [0.25, 0.3) is 0 Å². The number of anilines is 2. The number of rotatable bonds is 6. The molecule has 0 radical (unpaired) electrons. The number of nitrogen functional groups attached to an aromatic ring is 1. The van der Waals surface area contributed by atoms with Gasteiger partial charge in [-0.25, -0.2) is 4.98 Å². The molecule has 3 saturated heterocycles. The molecule has 3 fully saturated rings. The van der Waals surface area contributed by atoms with Gasteiger partial charge in [0, 0.05) is 37.2 Å². The molecule has 2 aromatic heterocycles. The molecule has 0 aromatic carbocycles. The monoisotopic (exact) mass is 584 g/mol. The molecule has 0 spiro atoms. The molecule has 6 rings (SSSR count). The average Bonchev–Trinajstić information content (AvgIpc) is 3.51. The second-order valence-electron chi connectivity index (χ2n) is 12.5. The summed E-state index contributed by atoms with van der Waals surface area (Å²) in [5, 5.41) is 12.7. The molecule has 4 aliphatic rings. The van der Waals surface area contributed by atoms with Crippen LogP contribution in [0.25, 0.3) is 0 Å². The Labute approximate surface area is 244 Å². The standard InChI is InChI=1S/C30H39F3N8O/c1-18-13-22-23(15-21(18)26-25(30(31,32)33)19(2)14-24(35)38-26)37-28(42-17-29-6-3-10-41(29)11-4-7-29)39-27(22)40-12-9-36-20(16-40)5-8-34/h14,18,20-21,36H,3-7,9-13,15-17H2,1-2H3,(H2,35,38). The van der Waals surface area contributed by atoms with Crippen LogP contribution in [0, 0.1) is 24.2 Å². The lowest BCUT2D eigenvalue weighted by Gasteiger charge is -2.38. The molecule has 0 amide bonds. The number of hydrogen-bond donors (Lipinski definition) is 2. The molecule has 9 nitrogen and oxygen atoms in total. The van der Waals surface area contributed by atoms with Crippen LogP contribution < -0.4 is 20.7 Å². The molecule has 0 bridgehead atoms. The van der Waals surface area contributed by atoms with Crippen molar-refractivity contribution in [2.75, 3.05) is 50.0 Å². The van der Waals surface area contributed by atoms with Crippen LogP contribution >= 0.6 is 0 Å². The number of alkyl halides is 3. The number of hydrogen-bond acceptors (Lipinski definition) is 9. The van der Waals surface area contributed by atoms with Crippen LogP contribution in [0.3, 0.4) is 0 Å². The number of nitrogens with zero attached hydrogens (tertiary/aromatic N) is 6. The van der Waals surface area contributed by atoms with Gasteiger partial charge in [0.1, 0.15) is 18.2 Å². The second kappa shape index (κ2) is 11.2. The van der Waals surface area contributed by atoms with Gasteiger partial charge in [-0.1, -0.05) is 6.92 Å². The summed E-state index contributed by atoms with van der Waals surface area (Å²) in [6.07, 6.45) is 1.08. The summed E-state index contributed by atoms with van der Waals surface area (Å²) >= 11 is 0. The number of piperazine rings is 1. The van der Waals surface area contributed by atoms with Crippen molar-refractivity contribution in [3.63, 3.8) is 0 Å². The predicted octanol–water partition coefficient (Wildman–Crippen LogP) is 4.00. The molecule has 3 unspecified atom stereocenters. The number of ether oxygens (including phenoxy) is 1. The lowest BCUT2D eigenvalue weighted by Crippen LogP contribution is -2.51. The molecule has 1 aliphatic carbocycles. The van der Waals surface area contributed by atoms with Gasteiger partial charge >= 0.3 is 12.2 Å². The Morgan fingerprint density at radius 3 is 2.64 bits per heavy atom. The molecule has 226 valence electrons. The normalized spacial score (nSPS) is 25.6. The first-order chi connectivity index (χ1) is 20.1. The minimum absolute atomic E-state index is 0.00531. The first-order valence-electron chi connectivity index (χ1n) is 15.0. The lowest BCUT2D eigenvalue weighted by atomic mass is 9.75. The highest BCUT2D eigenvalue weighted by molar-refractivity contribution is 5.53. The fourth-order valence-corrected chi connectivity index (χ4v) is 7.72. The van der Waals surface area contributed by atoms with E-state index < -0.39 is 17.7 Å². The molecule has 2 aromatic rings. The van der Waals surface area contributed by atoms with Gasteiger partial charge in [0.15, 0.2) is 0 Å². The Balaban J connectivity index is 1.38. The highest BCUT2D eigenvalue weighted by Gasteiger charge is 2.46. The van der Waals surface area contributed by atoms with E-state index in [-0.39, 0.29) is 47.0 Å². The van der Waals surface area contributed by atoms with Crippen LogP contribution in [0.2, 0.25) is 0 Å². The fraction of sp³-hybridized carbons (Fsp3) is 0.667. The summed E-state index contributed by atoms with van der Waals surface area (Å²) in [6.45, 7) is 8.08. The molecular formula is C30H39F3N8O. The molecule has 0 saturated carbocycles. The van der Waals surface area contributed by atoms with Crippen molar-refractivity contribution in [2.45, 2.75) is 82.5 Å². The third-order valence-electron chi connectivity index (χ3n) is 9.75. The summed E-state index contributed by atoms with van der Waals surface area (Å²) in [6, 6.07) is 3.82. The van der Waals surface area contributed by atoms with E-state index in [1.54, 1.807) is 0 Å². The van der Waals surface area contributed by atoms with E-state index in [1.165, 1.54) is 13.0 Å². The second-order valence-corrected chi connectivity index (χ2v) is 12.5. The van der Waals surface area contributed by atoms with Crippen LogP contribution in [0.15, 0.2) is 6.07 Å². The van der Waals surface area contributed by atoms with Crippen LogP contribution in [0.1, 0.15) is 73.0 Å². The zero-order valence-electron chi connectivity index (χ0n) is 24.3. The maximum Gasteiger partial charge on any atom is 0.418 e. The van der Waals surface area contributed by atoms with Gasteiger partial charge in [-0.3, -0.25) is 4.90 Å². The van der Waals surface area contributed by atoms with Gasteiger partial charge in [0.05, 0.1) is 35.0 Å². The largest absolute Gasteiger partial charge is 0.461 e. The van der Waals surface area contributed by atoms with Crippen molar-refractivity contribution >= 4 is 11.6 Å². The first-order valence-corrected chi connectivity index (χ1v) is 15.0.